The summed E-state index contributed by atoms with van der Waals surface area (Å²) in [6.07, 6.45) is 3.85. The molecular formula is C18H26N6. The summed E-state index contributed by atoms with van der Waals surface area (Å²) >= 11 is 0. The Morgan fingerprint density at radius 1 is 1.04 bits per heavy atom. The van der Waals surface area contributed by atoms with Crippen LogP contribution < -0.4 is 20.9 Å². The fourth-order valence-electron chi connectivity index (χ4n) is 2.98. The first-order valence-corrected chi connectivity index (χ1v) is 8.69. The normalized spacial score (nSPS) is 14.7. The van der Waals surface area contributed by atoms with Crippen molar-refractivity contribution in [1.29, 1.82) is 0 Å². The molecule has 0 amide bonds. The zero-order valence-electron chi connectivity index (χ0n) is 14.3. The van der Waals surface area contributed by atoms with Crippen molar-refractivity contribution in [1.82, 2.24) is 9.97 Å². The lowest BCUT2D eigenvalue weighted by Gasteiger charge is -2.37. The Morgan fingerprint density at radius 3 is 2.46 bits per heavy atom. The van der Waals surface area contributed by atoms with E-state index in [-0.39, 0.29) is 0 Å². The molecule has 2 heterocycles. The number of para-hydroxylation sites is 1. The van der Waals surface area contributed by atoms with Gasteiger partial charge in [-0.05, 0) is 18.6 Å². The summed E-state index contributed by atoms with van der Waals surface area (Å²) in [6, 6.07) is 10.5. The number of hydrogen-bond donors (Lipinski definition) is 2. The highest BCUT2D eigenvalue weighted by Gasteiger charge is 2.21. The van der Waals surface area contributed by atoms with Crippen molar-refractivity contribution in [3.05, 3.63) is 36.7 Å². The van der Waals surface area contributed by atoms with Crippen molar-refractivity contribution in [2.24, 2.45) is 0 Å². The molecule has 0 unspecified atom stereocenters. The molecule has 1 aliphatic rings. The summed E-state index contributed by atoms with van der Waals surface area (Å²) < 4.78 is 0. The number of unbranched alkanes of at least 4 members (excludes halogenated alkanes) is 1. The molecule has 0 atom stereocenters. The third-order valence-corrected chi connectivity index (χ3v) is 4.39. The Hall–Kier alpha value is -2.50. The van der Waals surface area contributed by atoms with Crippen molar-refractivity contribution in [3.8, 4) is 0 Å². The lowest BCUT2D eigenvalue weighted by molar-refractivity contribution is 0.647. The van der Waals surface area contributed by atoms with Crippen LogP contribution in [0.2, 0.25) is 0 Å². The van der Waals surface area contributed by atoms with E-state index >= 15 is 0 Å². The molecule has 3 rings (SSSR count). The molecule has 0 spiro atoms. The lowest BCUT2D eigenvalue weighted by atomic mass is 10.2. The fraction of sp³-hybridized carbons (Fsp3) is 0.444. The Kier molecular flexibility index (Phi) is 5.36. The largest absolute Gasteiger partial charge is 0.393 e. The van der Waals surface area contributed by atoms with Crippen molar-refractivity contribution >= 4 is 23.0 Å². The number of aromatic nitrogens is 2. The van der Waals surface area contributed by atoms with E-state index in [1.54, 1.807) is 6.33 Å². The monoisotopic (exact) mass is 326 g/mol. The van der Waals surface area contributed by atoms with Crippen LogP contribution >= 0.6 is 0 Å². The smallest absolute Gasteiger partial charge is 0.157 e. The van der Waals surface area contributed by atoms with Crippen LogP contribution in [0.4, 0.5) is 23.0 Å². The second-order valence-electron chi connectivity index (χ2n) is 6.05. The van der Waals surface area contributed by atoms with Gasteiger partial charge in [0.1, 0.15) is 12.0 Å². The van der Waals surface area contributed by atoms with Gasteiger partial charge in [0.2, 0.25) is 0 Å². The van der Waals surface area contributed by atoms with Crippen LogP contribution in [0.3, 0.4) is 0 Å². The molecule has 1 aliphatic heterocycles. The predicted molar refractivity (Wildman–Crippen MR) is 101 cm³/mol. The molecule has 128 valence electrons. The van der Waals surface area contributed by atoms with Crippen LogP contribution in [0.15, 0.2) is 36.7 Å². The first-order chi connectivity index (χ1) is 11.8. The number of nitrogens with zero attached hydrogens (tertiary/aromatic N) is 4. The van der Waals surface area contributed by atoms with E-state index in [1.807, 2.05) is 0 Å². The topological polar surface area (TPSA) is 70.3 Å². The summed E-state index contributed by atoms with van der Waals surface area (Å²) in [7, 11) is 0. The highest BCUT2D eigenvalue weighted by atomic mass is 15.3. The number of hydrogen-bond acceptors (Lipinski definition) is 6. The highest BCUT2D eigenvalue weighted by molar-refractivity contribution is 5.75. The number of nitrogens with one attached hydrogen (secondary N) is 1. The van der Waals surface area contributed by atoms with E-state index in [9.17, 15) is 0 Å². The second-order valence-corrected chi connectivity index (χ2v) is 6.05. The zero-order valence-corrected chi connectivity index (χ0v) is 14.3. The zero-order chi connectivity index (χ0) is 16.8. The van der Waals surface area contributed by atoms with Crippen LogP contribution in [0.5, 0.6) is 0 Å². The van der Waals surface area contributed by atoms with Gasteiger partial charge in [-0.25, -0.2) is 9.97 Å². The van der Waals surface area contributed by atoms with Crippen LogP contribution in [0, 0.1) is 0 Å². The van der Waals surface area contributed by atoms with E-state index in [2.05, 4.69) is 62.3 Å². The minimum atomic E-state index is 0.654. The van der Waals surface area contributed by atoms with Gasteiger partial charge in [0, 0.05) is 38.4 Å². The Morgan fingerprint density at radius 2 is 1.75 bits per heavy atom. The second kappa shape index (κ2) is 7.86. The van der Waals surface area contributed by atoms with Crippen molar-refractivity contribution in [2.75, 3.05) is 53.6 Å². The molecule has 0 aliphatic carbocycles. The fourth-order valence-corrected chi connectivity index (χ4v) is 2.98. The Balaban J connectivity index is 1.65. The molecule has 1 fully saturated rings. The maximum atomic E-state index is 6.30. The van der Waals surface area contributed by atoms with E-state index in [1.165, 1.54) is 5.69 Å². The third kappa shape index (κ3) is 3.69. The maximum Gasteiger partial charge on any atom is 0.157 e. The Labute approximate surface area is 143 Å². The number of benzene rings is 1. The maximum absolute atomic E-state index is 6.30. The number of anilines is 4. The van der Waals surface area contributed by atoms with Crippen molar-refractivity contribution < 1.29 is 0 Å². The molecule has 0 saturated carbocycles. The van der Waals surface area contributed by atoms with Crippen molar-refractivity contribution in [2.45, 2.75) is 19.8 Å². The SMILES string of the molecule is CCCCNc1ncnc(N2CCN(c3ccccc3)CC2)c1N. The average Bonchev–Trinajstić information content (AvgIpc) is 2.64. The van der Waals surface area contributed by atoms with Gasteiger partial charge in [-0.15, -0.1) is 0 Å². The summed E-state index contributed by atoms with van der Waals surface area (Å²) in [6.45, 7) is 6.80. The predicted octanol–water partition coefficient (Wildman–Crippen LogP) is 2.60. The molecule has 6 nitrogen and oxygen atoms in total. The standard InChI is InChI=1S/C18H26N6/c1-2-3-9-20-17-16(19)18(22-14-21-17)24-12-10-23(11-13-24)15-7-5-4-6-8-15/h4-8,14H,2-3,9-13,19H2,1H3,(H,20,21,22). The van der Waals surface area contributed by atoms with Crippen LogP contribution in [0.25, 0.3) is 0 Å². The molecule has 1 saturated heterocycles. The molecule has 3 N–H and O–H groups in total. The van der Waals surface area contributed by atoms with Crippen LogP contribution in [-0.2, 0) is 0 Å². The van der Waals surface area contributed by atoms with Gasteiger partial charge in [-0.3, -0.25) is 0 Å². The lowest BCUT2D eigenvalue weighted by Crippen LogP contribution is -2.47. The van der Waals surface area contributed by atoms with Gasteiger partial charge in [0.05, 0.1) is 0 Å². The number of rotatable bonds is 6. The van der Waals surface area contributed by atoms with Gasteiger partial charge in [0.25, 0.3) is 0 Å². The third-order valence-electron chi connectivity index (χ3n) is 4.39. The van der Waals surface area contributed by atoms with E-state index < -0.39 is 0 Å². The summed E-state index contributed by atoms with van der Waals surface area (Å²) in [5, 5.41) is 3.31. The van der Waals surface area contributed by atoms with Crippen LogP contribution in [-0.4, -0.2) is 42.7 Å². The number of nitrogens with two attached hydrogens (primary N) is 1. The van der Waals surface area contributed by atoms with E-state index in [0.717, 1.165) is 57.2 Å². The Bertz CT molecular complexity index is 637. The molecule has 0 bridgehead atoms. The average molecular weight is 326 g/mol. The molecule has 2 aromatic rings. The highest BCUT2D eigenvalue weighted by Crippen LogP contribution is 2.27. The molecule has 1 aromatic carbocycles. The summed E-state index contributed by atoms with van der Waals surface area (Å²) in [5.74, 6) is 1.59. The quantitative estimate of drug-likeness (QED) is 0.795. The first-order valence-electron chi connectivity index (χ1n) is 8.69. The van der Waals surface area contributed by atoms with Gasteiger partial charge in [-0.1, -0.05) is 31.5 Å². The number of nitrogen functional groups attached to an aromatic ring is 1. The minimum Gasteiger partial charge on any atom is -0.393 e. The van der Waals surface area contributed by atoms with Crippen molar-refractivity contribution in [3.63, 3.8) is 0 Å². The molecule has 1 aromatic heterocycles. The molecule has 6 heteroatoms. The van der Waals surface area contributed by atoms with Gasteiger partial charge >= 0.3 is 0 Å². The first kappa shape index (κ1) is 16.4. The van der Waals surface area contributed by atoms with Gasteiger partial charge in [-0.2, -0.15) is 0 Å². The molecule has 24 heavy (non-hydrogen) atoms. The van der Waals surface area contributed by atoms with Crippen LogP contribution in [0.1, 0.15) is 19.8 Å². The minimum absolute atomic E-state index is 0.654. The molecule has 0 radical (unpaired) electrons. The van der Waals surface area contributed by atoms with E-state index in [4.69, 9.17) is 5.73 Å². The van der Waals surface area contributed by atoms with Gasteiger partial charge in [0.15, 0.2) is 11.6 Å². The van der Waals surface area contributed by atoms with Gasteiger partial charge < -0.3 is 20.9 Å². The number of piperazine rings is 1. The summed E-state index contributed by atoms with van der Waals surface area (Å²) in [5.41, 5.74) is 8.23. The summed E-state index contributed by atoms with van der Waals surface area (Å²) in [4.78, 5) is 13.4. The molecular weight excluding hydrogens is 300 g/mol. The van der Waals surface area contributed by atoms with E-state index in [0.29, 0.717) is 5.69 Å².